The Balaban J connectivity index is 1.87. The van der Waals surface area contributed by atoms with Crippen LogP contribution in [0.1, 0.15) is 46.7 Å². The summed E-state index contributed by atoms with van der Waals surface area (Å²) in [6.07, 6.45) is 5.04. The number of hydrogen-bond donors (Lipinski definition) is 2. The van der Waals surface area contributed by atoms with Gasteiger partial charge in [0.1, 0.15) is 0 Å². The second-order valence-corrected chi connectivity index (χ2v) is 5.66. The van der Waals surface area contributed by atoms with Gasteiger partial charge in [0.05, 0.1) is 6.04 Å². The fraction of sp³-hybridized carbons (Fsp3) is 0.333. The van der Waals surface area contributed by atoms with Gasteiger partial charge in [-0.3, -0.25) is 0 Å². The maximum Gasteiger partial charge on any atom is 0.0551 e. The van der Waals surface area contributed by atoms with Gasteiger partial charge in [-0.2, -0.15) is 0 Å². The number of fused-ring (bicyclic) bond motifs is 1. The lowest BCUT2D eigenvalue weighted by Gasteiger charge is -2.19. The minimum Gasteiger partial charge on any atom is -0.326 e. The van der Waals surface area contributed by atoms with Crippen molar-refractivity contribution in [2.45, 2.75) is 38.3 Å². The predicted octanol–water partition coefficient (Wildman–Crippen LogP) is 3.07. The molecule has 20 heavy (non-hydrogen) atoms. The molecule has 2 nitrogen and oxygen atoms in total. The van der Waals surface area contributed by atoms with Crippen LogP contribution in [0.25, 0.3) is 0 Å². The van der Waals surface area contributed by atoms with Crippen molar-refractivity contribution < 1.29 is 0 Å². The molecule has 1 aliphatic rings. The fourth-order valence-electron chi connectivity index (χ4n) is 3.00. The van der Waals surface area contributed by atoms with Crippen LogP contribution in [0.4, 0.5) is 0 Å². The maximum absolute atomic E-state index is 6.41. The average molecular weight is 266 g/mol. The highest BCUT2D eigenvalue weighted by Gasteiger charge is 2.13. The van der Waals surface area contributed by atoms with Crippen LogP contribution >= 0.6 is 0 Å². The van der Waals surface area contributed by atoms with E-state index < -0.39 is 0 Å². The summed E-state index contributed by atoms with van der Waals surface area (Å²) in [5, 5.41) is 0. The molecule has 1 unspecified atom stereocenters. The average Bonchev–Trinajstić information content (AvgIpc) is 2.54. The third kappa shape index (κ3) is 2.62. The molecule has 0 saturated carbocycles. The summed E-state index contributed by atoms with van der Waals surface area (Å²) in [5.41, 5.74) is 18.5. The molecule has 0 spiro atoms. The lowest BCUT2D eigenvalue weighted by Crippen LogP contribution is -2.13. The van der Waals surface area contributed by atoms with E-state index in [1.807, 2.05) is 0 Å². The van der Waals surface area contributed by atoms with Crippen molar-refractivity contribution in [2.75, 3.05) is 0 Å². The van der Waals surface area contributed by atoms with Crippen molar-refractivity contribution in [1.29, 1.82) is 0 Å². The summed E-state index contributed by atoms with van der Waals surface area (Å²) in [6.45, 7) is 0.578. The van der Waals surface area contributed by atoms with Gasteiger partial charge in [-0.05, 0) is 53.5 Å². The molecule has 0 aromatic heterocycles. The van der Waals surface area contributed by atoms with Crippen molar-refractivity contribution in [3.8, 4) is 0 Å². The minimum absolute atomic E-state index is 0.0472. The van der Waals surface area contributed by atoms with E-state index in [1.165, 1.54) is 42.4 Å². The van der Waals surface area contributed by atoms with Gasteiger partial charge in [-0.15, -0.1) is 0 Å². The Hall–Kier alpha value is -1.64. The van der Waals surface area contributed by atoms with Crippen LogP contribution in [0.2, 0.25) is 0 Å². The molecule has 2 heteroatoms. The number of nitrogens with two attached hydrogens (primary N) is 2. The molecule has 2 aromatic carbocycles. The zero-order chi connectivity index (χ0) is 13.9. The fourth-order valence-corrected chi connectivity index (χ4v) is 3.00. The highest BCUT2D eigenvalue weighted by atomic mass is 14.6. The van der Waals surface area contributed by atoms with Gasteiger partial charge in [0, 0.05) is 6.54 Å². The smallest absolute Gasteiger partial charge is 0.0551 e. The van der Waals surface area contributed by atoms with Crippen molar-refractivity contribution in [1.82, 2.24) is 0 Å². The minimum atomic E-state index is -0.0472. The van der Waals surface area contributed by atoms with Crippen molar-refractivity contribution in [3.63, 3.8) is 0 Å². The Morgan fingerprint density at radius 2 is 1.50 bits per heavy atom. The molecule has 0 radical (unpaired) electrons. The van der Waals surface area contributed by atoms with Gasteiger partial charge in [0.15, 0.2) is 0 Å². The molecule has 0 amide bonds. The molecule has 4 N–H and O–H groups in total. The first-order valence-corrected chi connectivity index (χ1v) is 7.44. The van der Waals surface area contributed by atoms with Gasteiger partial charge in [0.2, 0.25) is 0 Å². The monoisotopic (exact) mass is 266 g/mol. The molecule has 1 aliphatic carbocycles. The Kier molecular flexibility index (Phi) is 3.86. The van der Waals surface area contributed by atoms with Crippen LogP contribution in [-0.2, 0) is 19.4 Å². The second kappa shape index (κ2) is 5.78. The lowest BCUT2D eigenvalue weighted by molar-refractivity contribution is 0.682. The number of benzene rings is 2. The van der Waals surface area contributed by atoms with E-state index in [0.29, 0.717) is 6.54 Å². The molecule has 1 atom stereocenters. The molecule has 104 valence electrons. The van der Waals surface area contributed by atoms with Gasteiger partial charge in [-0.1, -0.05) is 42.5 Å². The first-order chi connectivity index (χ1) is 9.78. The van der Waals surface area contributed by atoms with Crippen LogP contribution in [0.5, 0.6) is 0 Å². The summed E-state index contributed by atoms with van der Waals surface area (Å²) in [4.78, 5) is 0. The number of aryl methyl sites for hydroxylation is 2. The summed E-state index contributed by atoms with van der Waals surface area (Å²) < 4.78 is 0. The normalized spacial score (nSPS) is 15.7. The Morgan fingerprint density at radius 3 is 2.20 bits per heavy atom. The molecule has 3 rings (SSSR count). The third-order valence-corrected chi connectivity index (χ3v) is 4.31. The number of hydrogen-bond acceptors (Lipinski definition) is 2. The van der Waals surface area contributed by atoms with Gasteiger partial charge in [-0.25, -0.2) is 0 Å². The SMILES string of the molecule is NCc1ccc(C(N)c2ccc3c(c2)CCCC3)cc1. The van der Waals surface area contributed by atoms with Crippen LogP contribution in [-0.4, -0.2) is 0 Å². The Bertz CT molecular complexity index is 587. The van der Waals surface area contributed by atoms with Crippen molar-refractivity contribution in [2.24, 2.45) is 11.5 Å². The highest BCUT2D eigenvalue weighted by Crippen LogP contribution is 2.26. The van der Waals surface area contributed by atoms with E-state index in [9.17, 15) is 0 Å². The molecule has 0 aliphatic heterocycles. The van der Waals surface area contributed by atoms with Crippen molar-refractivity contribution in [3.05, 3.63) is 70.3 Å². The Labute approximate surface area is 120 Å². The molecule has 2 aromatic rings. The Morgan fingerprint density at radius 1 is 0.850 bits per heavy atom. The van der Waals surface area contributed by atoms with Gasteiger partial charge < -0.3 is 11.5 Å². The topological polar surface area (TPSA) is 52.0 Å². The summed E-state index contributed by atoms with van der Waals surface area (Å²) >= 11 is 0. The lowest BCUT2D eigenvalue weighted by atomic mass is 9.88. The van der Waals surface area contributed by atoms with E-state index in [0.717, 1.165) is 11.1 Å². The number of rotatable bonds is 3. The first-order valence-electron chi connectivity index (χ1n) is 7.44. The van der Waals surface area contributed by atoms with Crippen LogP contribution in [0, 0.1) is 0 Å². The van der Waals surface area contributed by atoms with E-state index in [1.54, 1.807) is 0 Å². The maximum atomic E-state index is 6.41. The van der Waals surface area contributed by atoms with Crippen LogP contribution < -0.4 is 11.5 Å². The van der Waals surface area contributed by atoms with E-state index in [2.05, 4.69) is 42.5 Å². The summed E-state index contributed by atoms with van der Waals surface area (Å²) in [6, 6.07) is 15.0. The van der Waals surface area contributed by atoms with Gasteiger partial charge in [0.25, 0.3) is 0 Å². The first kappa shape index (κ1) is 13.3. The molecular weight excluding hydrogens is 244 g/mol. The van der Waals surface area contributed by atoms with Crippen molar-refractivity contribution >= 4 is 0 Å². The molecular formula is C18H22N2. The second-order valence-electron chi connectivity index (χ2n) is 5.66. The third-order valence-electron chi connectivity index (χ3n) is 4.31. The molecule has 0 saturated heterocycles. The molecule has 0 heterocycles. The quantitative estimate of drug-likeness (QED) is 0.897. The highest BCUT2D eigenvalue weighted by molar-refractivity contribution is 5.39. The van der Waals surface area contributed by atoms with E-state index >= 15 is 0 Å². The van der Waals surface area contributed by atoms with E-state index in [4.69, 9.17) is 11.5 Å². The predicted molar refractivity (Wildman–Crippen MR) is 83.4 cm³/mol. The zero-order valence-electron chi connectivity index (χ0n) is 11.8. The molecule has 0 bridgehead atoms. The standard InChI is InChI=1S/C18H22N2/c19-12-13-5-7-15(8-6-13)18(20)17-10-9-14-3-1-2-4-16(14)11-17/h5-11,18H,1-4,12,19-20H2. The van der Waals surface area contributed by atoms with Crippen LogP contribution in [0.3, 0.4) is 0 Å². The van der Waals surface area contributed by atoms with E-state index in [-0.39, 0.29) is 6.04 Å². The molecule has 0 fully saturated rings. The summed E-state index contributed by atoms with van der Waals surface area (Å²) in [7, 11) is 0. The zero-order valence-corrected chi connectivity index (χ0v) is 11.8. The summed E-state index contributed by atoms with van der Waals surface area (Å²) in [5.74, 6) is 0. The van der Waals surface area contributed by atoms with Gasteiger partial charge >= 0.3 is 0 Å². The largest absolute Gasteiger partial charge is 0.326 e. The van der Waals surface area contributed by atoms with Crippen LogP contribution in [0.15, 0.2) is 42.5 Å².